The first kappa shape index (κ1) is 8.27. The van der Waals surface area contributed by atoms with Crippen molar-refractivity contribution in [1.29, 1.82) is 5.26 Å². The molecule has 2 nitrogen and oxygen atoms in total. The number of H-pyrrole nitrogens is 1. The maximum absolute atomic E-state index is 13.0. The Balaban J connectivity index is 2.79. The molecule has 0 amide bonds. The lowest BCUT2D eigenvalue weighted by atomic mass is 10.2. The number of aromatic amines is 1. The second kappa shape index (κ2) is 2.86. The van der Waals surface area contributed by atoms with Crippen LogP contribution in [0.4, 0.5) is 4.39 Å². The summed E-state index contributed by atoms with van der Waals surface area (Å²) >= 11 is 3.07. The molecule has 0 saturated heterocycles. The molecule has 13 heavy (non-hydrogen) atoms. The first-order valence-electron chi connectivity index (χ1n) is 3.58. The predicted molar refractivity (Wildman–Crippen MR) is 50.7 cm³/mol. The zero-order valence-corrected chi connectivity index (χ0v) is 8.02. The number of rotatable bonds is 0. The van der Waals surface area contributed by atoms with Gasteiger partial charge in [0.15, 0.2) is 0 Å². The quantitative estimate of drug-likeness (QED) is 0.754. The van der Waals surface area contributed by atoms with E-state index >= 15 is 0 Å². The molecule has 0 aliphatic rings. The molecule has 0 unspecified atom stereocenters. The molecule has 1 N–H and O–H groups in total. The van der Waals surface area contributed by atoms with Gasteiger partial charge in [-0.25, -0.2) is 4.39 Å². The third kappa shape index (κ3) is 1.31. The number of nitriles is 1. The molecule has 1 aromatic heterocycles. The molecule has 0 fully saturated rings. The van der Waals surface area contributed by atoms with Crippen LogP contribution in [0, 0.1) is 17.1 Å². The van der Waals surface area contributed by atoms with Crippen LogP contribution in [0.15, 0.2) is 22.7 Å². The van der Waals surface area contributed by atoms with E-state index in [1.165, 1.54) is 6.07 Å². The minimum absolute atomic E-state index is 0.323. The lowest BCUT2D eigenvalue weighted by molar-refractivity contribution is 0.623. The highest BCUT2D eigenvalue weighted by atomic mass is 79.9. The van der Waals surface area contributed by atoms with Crippen molar-refractivity contribution < 1.29 is 4.39 Å². The van der Waals surface area contributed by atoms with E-state index in [2.05, 4.69) is 20.9 Å². The Kier molecular flexibility index (Phi) is 1.82. The molecule has 2 aromatic rings. The van der Waals surface area contributed by atoms with Gasteiger partial charge in [-0.1, -0.05) is 0 Å². The van der Waals surface area contributed by atoms with Crippen LogP contribution in [0.1, 0.15) is 5.69 Å². The van der Waals surface area contributed by atoms with Gasteiger partial charge in [0.2, 0.25) is 0 Å². The fourth-order valence-electron chi connectivity index (χ4n) is 1.19. The third-order valence-corrected chi connectivity index (χ3v) is 2.39. The monoisotopic (exact) mass is 238 g/mol. The first-order valence-corrected chi connectivity index (χ1v) is 4.38. The maximum atomic E-state index is 13.0. The minimum Gasteiger partial charge on any atom is -0.346 e. The number of hydrogen-bond donors (Lipinski definition) is 1. The highest BCUT2D eigenvalue weighted by molar-refractivity contribution is 9.10. The van der Waals surface area contributed by atoms with Crippen LogP contribution in [0.3, 0.4) is 0 Å². The zero-order chi connectivity index (χ0) is 9.42. The summed E-state index contributed by atoms with van der Waals surface area (Å²) in [6, 6.07) is 6.58. The van der Waals surface area contributed by atoms with E-state index in [4.69, 9.17) is 5.26 Å². The number of hydrogen-bond acceptors (Lipinski definition) is 1. The predicted octanol–water partition coefficient (Wildman–Crippen LogP) is 2.94. The van der Waals surface area contributed by atoms with Gasteiger partial charge in [-0.3, -0.25) is 0 Å². The number of halogens is 2. The highest BCUT2D eigenvalue weighted by Crippen LogP contribution is 2.23. The second-order valence-corrected chi connectivity index (χ2v) is 3.50. The summed E-state index contributed by atoms with van der Waals surface area (Å²) in [4.78, 5) is 2.86. The molecule has 0 bridgehead atoms. The van der Waals surface area contributed by atoms with Gasteiger partial charge in [-0.2, -0.15) is 5.26 Å². The maximum Gasteiger partial charge on any atom is 0.138 e. The van der Waals surface area contributed by atoms with Gasteiger partial charge in [-0.05, 0) is 34.1 Å². The number of nitrogens with zero attached hydrogens (tertiary/aromatic N) is 1. The summed E-state index contributed by atoms with van der Waals surface area (Å²) in [6.07, 6.45) is 0. The number of nitrogens with one attached hydrogen (secondary N) is 1. The van der Waals surface area contributed by atoms with Gasteiger partial charge in [0.05, 0.1) is 4.47 Å². The Morgan fingerprint density at radius 3 is 2.85 bits per heavy atom. The van der Waals surface area contributed by atoms with Gasteiger partial charge in [0.25, 0.3) is 0 Å². The molecule has 64 valence electrons. The molecule has 0 radical (unpaired) electrons. The lowest BCUT2D eigenvalue weighted by Gasteiger charge is -1.93. The summed E-state index contributed by atoms with van der Waals surface area (Å²) in [5, 5.41) is 9.30. The summed E-state index contributed by atoms with van der Waals surface area (Å²) in [7, 11) is 0. The Morgan fingerprint density at radius 1 is 1.38 bits per heavy atom. The van der Waals surface area contributed by atoms with E-state index in [1.54, 1.807) is 12.1 Å². The van der Waals surface area contributed by atoms with E-state index in [0.717, 1.165) is 5.52 Å². The average Bonchev–Trinajstić information content (AvgIpc) is 2.48. The molecule has 0 saturated carbocycles. The van der Waals surface area contributed by atoms with Gasteiger partial charge < -0.3 is 4.98 Å². The molecular formula is C9H4BrFN2. The van der Waals surface area contributed by atoms with Gasteiger partial charge in [-0.15, -0.1) is 0 Å². The first-order chi connectivity index (χ1) is 6.20. The van der Waals surface area contributed by atoms with E-state index in [9.17, 15) is 4.39 Å². The van der Waals surface area contributed by atoms with Crippen LogP contribution < -0.4 is 0 Å². The van der Waals surface area contributed by atoms with Crippen molar-refractivity contribution in [2.45, 2.75) is 0 Å². The van der Waals surface area contributed by atoms with Gasteiger partial charge in [0.1, 0.15) is 17.6 Å². The standard InChI is InChI=1S/C9H4BrFN2/c10-7-3-9-5(2-8(7)11)1-6(4-12)13-9/h1-3,13H. The summed E-state index contributed by atoms with van der Waals surface area (Å²) in [5.41, 5.74) is 1.19. The largest absolute Gasteiger partial charge is 0.346 e. The molecule has 0 aliphatic carbocycles. The van der Waals surface area contributed by atoms with Crippen molar-refractivity contribution in [3.63, 3.8) is 0 Å². The fourth-order valence-corrected chi connectivity index (χ4v) is 1.53. The van der Waals surface area contributed by atoms with Crippen LogP contribution >= 0.6 is 15.9 Å². The van der Waals surface area contributed by atoms with Crippen LogP contribution in [-0.4, -0.2) is 4.98 Å². The van der Waals surface area contributed by atoms with Crippen molar-refractivity contribution in [3.05, 3.63) is 34.2 Å². The Labute approximate surface area is 82.1 Å². The smallest absolute Gasteiger partial charge is 0.138 e. The van der Waals surface area contributed by atoms with Gasteiger partial charge >= 0.3 is 0 Å². The zero-order valence-electron chi connectivity index (χ0n) is 6.44. The molecule has 0 aliphatic heterocycles. The highest BCUT2D eigenvalue weighted by Gasteiger charge is 2.04. The van der Waals surface area contributed by atoms with Crippen LogP contribution in [0.25, 0.3) is 10.9 Å². The van der Waals surface area contributed by atoms with E-state index < -0.39 is 0 Å². The van der Waals surface area contributed by atoms with Crippen LogP contribution in [-0.2, 0) is 0 Å². The van der Waals surface area contributed by atoms with Crippen molar-refractivity contribution in [2.24, 2.45) is 0 Å². The number of benzene rings is 1. The second-order valence-electron chi connectivity index (χ2n) is 2.65. The number of fused-ring (bicyclic) bond motifs is 1. The molecule has 1 aromatic carbocycles. The van der Waals surface area contributed by atoms with E-state index in [-0.39, 0.29) is 5.82 Å². The fraction of sp³-hybridized carbons (Fsp3) is 0. The SMILES string of the molecule is N#Cc1cc2cc(F)c(Br)cc2[nH]1. The average molecular weight is 239 g/mol. The molecule has 0 spiro atoms. The molecule has 4 heteroatoms. The van der Waals surface area contributed by atoms with Crippen LogP contribution in [0.2, 0.25) is 0 Å². The molecule has 2 rings (SSSR count). The van der Waals surface area contributed by atoms with E-state index in [0.29, 0.717) is 15.6 Å². The molecule has 1 heterocycles. The van der Waals surface area contributed by atoms with Crippen LogP contribution in [0.5, 0.6) is 0 Å². The third-order valence-electron chi connectivity index (χ3n) is 1.78. The Hall–Kier alpha value is -1.34. The topological polar surface area (TPSA) is 39.6 Å². The summed E-state index contributed by atoms with van der Waals surface area (Å²) in [6.45, 7) is 0. The minimum atomic E-state index is -0.323. The molecule has 0 atom stereocenters. The Bertz CT molecular complexity index is 471. The van der Waals surface area contributed by atoms with Gasteiger partial charge in [0, 0.05) is 10.9 Å². The number of aromatic nitrogens is 1. The van der Waals surface area contributed by atoms with E-state index in [1.807, 2.05) is 6.07 Å². The molecular weight excluding hydrogens is 235 g/mol. The van der Waals surface area contributed by atoms with Crippen molar-refractivity contribution in [3.8, 4) is 6.07 Å². The van der Waals surface area contributed by atoms with Crippen molar-refractivity contribution in [2.75, 3.05) is 0 Å². The normalized spacial score (nSPS) is 10.2. The summed E-state index contributed by atoms with van der Waals surface area (Å²) in [5.74, 6) is -0.323. The summed E-state index contributed by atoms with van der Waals surface area (Å²) < 4.78 is 13.4. The van der Waals surface area contributed by atoms with Crippen molar-refractivity contribution >= 4 is 26.8 Å². The Morgan fingerprint density at radius 2 is 2.15 bits per heavy atom. The lowest BCUT2D eigenvalue weighted by Crippen LogP contribution is -1.76. The van der Waals surface area contributed by atoms with Crippen molar-refractivity contribution in [1.82, 2.24) is 4.98 Å².